The van der Waals surface area contributed by atoms with Crippen molar-refractivity contribution in [1.29, 1.82) is 0 Å². The molecule has 0 aliphatic heterocycles. The molecule has 0 fully saturated rings. The summed E-state index contributed by atoms with van der Waals surface area (Å²) in [6.07, 6.45) is 0.213. The van der Waals surface area contributed by atoms with Crippen LogP contribution in [0.25, 0.3) is 11.3 Å². The Kier molecular flexibility index (Phi) is 8.86. The van der Waals surface area contributed by atoms with E-state index >= 15 is 0 Å². The maximum Gasteiger partial charge on any atom is 0.341 e. The summed E-state index contributed by atoms with van der Waals surface area (Å²) < 4.78 is 85.3. The van der Waals surface area contributed by atoms with E-state index in [0.29, 0.717) is 16.9 Å². The number of carboxylic acid groups (broad SMARTS) is 1. The number of furan rings is 1. The van der Waals surface area contributed by atoms with Crippen LogP contribution in [-0.2, 0) is 50.7 Å². The van der Waals surface area contributed by atoms with Gasteiger partial charge in [0.25, 0.3) is 0 Å². The van der Waals surface area contributed by atoms with E-state index in [-0.39, 0.29) is 81.7 Å². The second kappa shape index (κ2) is 12.8. The van der Waals surface area contributed by atoms with E-state index in [1.165, 1.54) is 6.26 Å². The van der Waals surface area contributed by atoms with E-state index < -0.39 is 54.1 Å². The van der Waals surface area contributed by atoms with Gasteiger partial charge in [0.15, 0.2) is 6.61 Å². The molecule has 13 nitrogen and oxygen atoms in total. The average molecular weight is 721 g/mol. The standard InChI is InChI=1S/C35H30O13S2/c1-18-5-20-9-22-13-28(49(41,42)43)15-24(33(22)39)11-26-7-19(30-3-2-4-47-30)8-27(35(26)48-17-31(36)37)12-25-16-29(50(44,45)46)14-23(34(25)40)10-21(6-18)32(20)38/h2-8,13-16,38-40H,9-12,17H2,1H3,(H,36,37)(H,41,42,43)(H,44,45,46)/p-2. The summed E-state index contributed by atoms with van der Waals surface area (Å²) in [6.45, 7) is 0.839. The Morgan fingerprint density at radius 1 is 0.700 bits per heavy atom. The Morgan fingerprint density at radius 3 is 1.46 bits per heavy atom. The van der Waals surface area contributed by atoms with Gasteiger partial charge in [0.05, 0.1) is 16.1 Å². The fourth-order valence-corrected chi connectivity index (χ4v) is 7.38. The van der Waals surface area contributed by atoms with Crippen LogP contribution in [0, 0.1) is 6.92 Å². The number of phenols is 3. The molecule has 0 amide bonds. The van der Waals surface area contributed by atoms with E-state index in [9.17, 15) is 51.2 Å². The highest BCUT2D eigenvalue weighted by Crippen LogP contribution is 2.41. The van der Waals surface area contributed by atoms with Gasteiger partial charge >= 0.3 is 5.97 Å². The number of aryl methyl sites for hydroxylation is 1. The lowest BCUT2D eigenvalue weighted by molar-refractivity contribution is -0.139. The van der Waals surface area contributed by atoms with E-state index in [0.717, 1.165) is 24.3 Å². The predicted octanol–water partition coefficient (Wildman–Crippen LogP) is 4.32. The zero-order chi connectivity index (χ0) is 36.1. The van der Waals surface area contributed by atoms with Crippen LogP contribution in [-0.4, -0.2) is 58.9 Å². The topological polar surface area (TPSA) is 235 Å². The number of benzene rings is 4. The minimum atomic E-state index is -5.07. The number of carboxylic acids is 1. The molecule has 0 atom stereocenters. The number of aliphatic carboxylic acids is 1. The van der Waals surface area contributed by atoms with Gasteiger partial charge in [0.1, 0.15) is 49.0 Å². The zero-order valence-electron chi connectivity index (χ0n) is 26.2. The first-order valence-electron chi connectivity index (χ1n) is 14.9. The first kappa shape index (κ1) is 34.5. The lowest BCUT2D eigenvalue weighted by Crippen LogP contribution is -2.13. The molecule has 0 radical (unpaired) electrons. The number of hydrogen-bond donors (Lipinski definition) is 4. The number of phenolic OH excluding ortho intramolecular Hbond substituents is 3. The first-order valence-corrected chi connectivity index (χ1v) is 17.8. The first-order chi connectivity index (χ1) is 23.5. The van der Waals surface area contributed by atoms with E-state index in [1.807, 2.05) is 0 Å². The van der Waals surface area contributed by atoms with Gasteiger partial charge in [0, 0.05) is 31.2 Å². The minimum Gasteiger partial charge on any atom is -0.744 e. The molecule has 0 saturated heterocycles. The third-order valence-electron chi connectivity index (χ3n) is 8.38. The van der Waals surface area contributed by atoms with Gasteiger partial charge < -0.3 is 38.7 Å². The SMILES string of the molecule is Cc1cc2c(O)c(c1)Cc1cc(S(=O)(=O)[O-])cc(c1O)Cc1cc(-c3ccco3)cc(c1OCC(=O)O)Cc1cc(S(=O)(=O)[O-])cc(c1O)C2. The zero-order valence-corrected chi connectivity index (χ0v) is 27.8. The summed E-state index contributed by atoms with van der Waals surface area (Å²) in [7, 11) is -10.1. The fraction of sp³-hybridized carbons (Fsp3) is 0.171. The Labute approximate surface area is 286 Å². The molecule has 260 valence electrons. The number of rotatable bonds is 6. The molecule has 1 aliphatic rings. The highest BCUT2D eigenvalue weighted by Gasteiger charge is 2.24. The highest BCUT2D eigenvalue weighted by atomic mass is 32.2. The van der Waals surface area contributed by atoms with Crippen molar-refractivity contribution in [2.75, 3.05) is 6.61 Å². The molecule has 0 spiro atoms. The van der Waals surface area contributed by atoms with Crippen LogP contribution in [0.4, 0.5) is 0 Å². The van der Waals surface area contributed by atoms with E-state index in [2.05, 4.69) is 0 Å². The predicted molar refractivity (Wildman–Crippen MR) is 173 cm³/mol. The average Bonchev–Trinajstić information content (AvgIpc) is 3.56. The quantitative estimate of drug-likeness (QED) is 0.176. The molecule has 1 aliphatic carbocycles. The Hall–Kier alpha value is -5.35. The van der Waals surface area contributed by atoms with Crippen molar-refractivity contribution >= 4 is 26.2 Å². The summed E-state index contributed by atoms with van der Waals surface area (Å²) in [5.41, 5.74) is 1.63. The van der Waals surface area contributed by atoms with Crippen LogP contribution >= 0.6 is 0 Å². The van der Waals surface area contributed by atoms with Crippen LogP contribution < -0.4 is 4.74 Å². The molecule has 0 saturated carbocycles. The fourth-order valence-electron chi connectivity index (χ4n) is 6.23. The monoisotopic (exact) mass is 720 g/mol. The summed E-state index contributed by atoms with van der Waals surface area (Å²) in [6, 6.07) is 13.4. The molecule has 4 aromatic carbocycles. The van der Waals surface area contributed by atoms with Crippen LogP contribution in [0.3, 0.4) is 0 Å². The van der Waals surface area contributed by atoms with Crippen molar-refractivity contribution in [2.45, 2.75) is 42.4 Å². The molecular formula is C35H28O13S2-2. The minimum absolute atomic E-state index is 0.0316. The maximum absolute atomic E-state index is 12.3. The largest absolute Gasteiger partial charge is 0.744 e. The smallest absolute Gasteiger partial charge is 0.341 e. The molecule has 1 aromatic heterocycles. The molecular weight excluding hydrogens is 693 g/mol. The van der Waals surface area contributed by atoms with Crippen molar-refractivity contribution in [3.05, 3.63) is 117 Å². The van der Waals surface area contributed by atoms with Gasteiger partial charge in [0.2, 0.25) is 0 Å². The van der Waals surface area contributed by atoms with Crippen LogP contribution in [0.5, 0.6) is 23.0 Å². The number of hydrogen-bond acceptors (Lipinski definition) is 12. The highest BCUT2D eigenvalue weighted by molar-refractivity contribution is 7.86. The van der Waals surface area contributed by atoms with Crippen LogP contribution in [0.2, 0.25) is 0 Å². The van der Waals surface area contributed by atoms with Crippen molar-refractivity contribution in [3.63, 3.8) is 0 Å². The van der Waals surface area contributed by atoms with E-state index in [4.69, 9.17) is 9.15 Å². The second-order valence-electron chi connectivity index (χ2n) is 12.0. The number of ether oxygens (including phenoxy) is 1. The van der Waals surface area contributed by atoms with Crippen molar-refractivity contribution in [1.82, 2.24) is 0 Å². The number of fused-ring (bicyclic) bond motifs is 8. The van der Waals surface area contributed by atoms with Gasteiger partial charge in [-0.15, -0.1) is 0 Å². The number of aromatic hydroxyl groups is 3. The molecule has 6 rings (SSSR count). The molecule has 8 bridgehead atoms. The molecule has 4 N–H and O–H groups in total. The van der Waals surface area contributed by atoms with Crippen molar-refractivity contribution in [2.24, 2.45) is 0 Å². The van der Waals surface area contributed by atoms with Crippen LogP contribution in [0.1, 0.15) is 50.1 Å². The molecule has 5 aromatic rings. The second-order valence-corrected chi connectivity index (χ2v) is 14.8. The number of carbonyl (C=O) groups is 1. The third kappa shape index (κ3) is 7.02. The van der Waals surface area contributed by atoms with Crippen molar-refractivity contribution in [3.8, 4) is 34.3 Å². The Balaban J connectivity index is 1.71. The van der Waals surface area contributed by atoms with Gasteiger partial charge in [-0.05, 0) is 100.0 Å². The lowest BCUT2D eigenvalue weighted by atomic mass is 9.89. The van der Waals surface area contributed by atoms with Crippen molar-refractivity contribution < 1.29 is 60.3 Å². The molecule has 1 heterocycles. The molecule has 50 heavy (non-hydrogen) atoms. The maximum atomic E-state index is 12.3. The van der Waals surface area contributed by atoms with Gasteiger partial charge in [-0.1, -0.05) is 17.7 Å². The lowest BCUT2D eigenvalue weighted by Gasteiger charge is -2.22. The summed E-state index contributed by atoms with van der Waals surface area (Å²) in [5, 5.41) is 43.9. The Morgan fingerprint density at radius 2 is 1.10 bits per heavy atom. The van der Waals surface area contributed by atoms with Gasteiger partial charge in [-0.3, -0.25) is 0 Å². The van der Waals surface area contributed by atoms with Gasteiger partial charge in [-0.25, -0.2) is 21.6 Å². The Bertz CT molecular complexity index is 2260. The van der Waals surface area contributed by atoms with E-state index in [1.54, 1.807) is 43.3 Å². The normalized spacial score (nSPS) is 13.2. The third-order valence-corrected chi connectivity index (χ3v) is 10.0. The van der Waals surface area contributed by atoms with Crippen LogP contribution in [0.15, 0.2) is 81.1 Å². The molecule has 0 unspecified atom stereocenters. The summed E-state index contributed by atoms with van der Waals surface area (Å²) in [4.78, 5) is 10.4. The molecule has 15 heteroatoms. The summed E-state index contributed by atoms with van der Waals surface area (Å²) >= 11 is 0. The van der Waals surface area contributed by atoms with Gasteiger partial charge in [-0.2, -0.15) is 0 Å². The summed E-state index contributed by atoms with van der Waals surface area (Å²) in [5.74, 6) is -2.19.